The molecule has 0 spiro atoms. The molecule has 0 atom stereocenters. The molecule has 114 valence electrons. The van der Waals surface area contributed by atoms with Gasteiger partial charge in [0.15, 0.2) is 0 Å². The number of nitrogen functional groups attached to an aromatic ring is 1. The van der Waals surface area contributed by atoms with Gasteiger partial charge >= 0.3 is 0 Å². The summed E-state index contributed by atoms with van der Waals surface area (Å²) in [7, 11) is 0. The molecule has 6 nitrogen and oxygen atoms in total. The Morgan fingerprint density at radius 1 is 1.32 bits per heavy atom. The van der Waals surface area contributed by atoms with Gasteiger partial charge in [-0.3, -0.25) is 10.1 Å². The van der Waals surface area contributed by atoms with Crippen molar-refractivity contribution in [1.82, 2.24) is 15.2 Å². The highest BCUT2D eigenvalue weighted by molar-refractivity contribution is 7.21. The number of nitrogens with zero attached hydrogens (tertiary/aromatic N) is 3. The molecule has 3 aromatic rings. The summed E-state index contributed by atoms with van der Waals surface area (Å²) in [6.07, 6.45) is 0.793. The van der Waals surface area contributed by atoms with Crippen LogP contribution in [0.25, 0.3) is 10.2 Å². The molecule has 22 heavy (non-hydrogen) atoms. The van der Waals surface area contributed by atoms with Crippen molar-refractivity contribution in [3.8, 4) is 0 Å². The Balaban J connectivity index is 1.97. The van der Waals surface area contributed by atoms with E-state index < -0.39 is 0 Å². The largest absolute Gasteiger partial charge is 0.397 e. The fraction of sp³-hybridized carbons (Fsp3) is 0.286. The van der Waals surface area contributed by atoms with E-state index in [2.05, 4.69) is 20.5 Å². The number of carbonyl (C=O) groups excluding carboxylic acids is 1. The van der Waals surface area contributed by atoms with E-state index in [9.17, 15) is 4.79 Å². The molecule has 8 heteroatoms. The van der Waals surface area contributed by atoms with E-state index >= 15 is 0 Å². The summed E-state index contributed by atoms with van der Waals surface area (Å²) in [4.78, 5) is 18.1. The number of nitrogens with two attached hydrogens (primary N) is 1. The first-order valence-electron chi connectivity index (χ1n) is 6.79. The van der Waals surface area contributed by atoms with E-state index in [4.69, 9.17) is 5.73 Å². The fourth-order valence-electron chi connectivity index (χ4n) is 2.24. The summed E-state index contributed by atoms with van der Waals surface area (Å²) >= 11 is 2.67. The van der Waals surface area contributed by atoms with E-state index in [-0.39, 0.29) is 5.91 Å². The highest BCUT2D eigenvalue weighted by atomic mass is 32.1. The second kappa shape index (κ2) is 5.62. The van der Waals surface area contributed by atoms with Gasteiger partial charge in [0.2, 0.25) is 5.13 Å². The molecular formula is C14H15N5OS2. The molecule has 0 saturated carbocycles. The Morgan fingerprint density at radius 3 is 2.77 bits per heavy atom. The summed E-state index contributed by atoms with van der Waals surface area (Å²) in [6, 6.07) is 1.96. The number of aryl methyl sites for hydroxylation is 3. The highest BCUT2D eigenvalue weighted by Crippen LogP contribution is 2.35. The Bertz CT molecular complexity index is 868. The maximum atomic E-state index is 12.4. The van der Waals surface area contributed by atoms with Crippen molar-refractivity contribution >= 4 is 49.6 Å². The molecule has 3 aromatic heterocycles. The molecule has 3 N–H and O–H groups in total. The second-order valence-corrected chi connectivity index (χ2v) is 6.98. The molecule has 0 bridgehead atoms. The highest BCUT2D eigenvalue weighted by Gasteiger charge is 2.20. The van der Waals surface area contributed by atoms with E-state index in [1.165, 1.54) is 22.7 Å². The van der Waals surface area contributed by atoms with E-state index in [0.717, 1.165) is 32.9 Å². The molecule has 0 saturated heterocycles. The molecule has 0 fully saturated rings. The minimum atomic E-state index is -0.267. The molecule has 0 aliphatic heterocycles. The number of rotatable bonds is 3. The van der Waals surface area contributed by atoms with Crippen molar-refractivity contribution in [2.45, 2.75) is 27.2 Å². The van der Waals surface area contributed by atoms with Crippen molar-refractivity contribution in [2.75, 3.05) is 11.1 Å². The number of carbonyl (C=O) groups is 1. The van der Waals surface area contributed by atoms with Gasteiger partial charge in [0.1, 0.15) is 14.7 Å². The first-order chi connectivity index (χ1) is 10.5. The van der Waals surface area contributed by atoms with E-state index in [1.807, 2.05) is 26.8 Å². The van der Waals surface area contributed by atoms with Gasteiger partial charge in [-0.1, -0.05) is 18.3 Å². The van der Waals surface area contributed by atoms with Crippen LogP contribution in [0, 0.1) is 13.8 Å². The quantitative estimate of drug-likeness (QED) is 0.768. The summed E-state index contributed by atoms with van der Waals surface area (Å²) in [5.74, 6) is -0.267. The van der Waals surface area contributed by atoms with Gasteiger partial charge in [0.05, 0.1) is 5.69 Å². The van der Waals surface area contributed by atoms with Gasteiger partial charge in [-0.25, -0.2) is 4.98 Å². The van der Waals surface area contributed by atoms with Gasteiger partial charge < -0.3 is 5.73 Å². The summed E-state index contributed by atoms with van der Waals surface area (Å²) in [5.41, 5.74) is 8.57. The van der Waals surface area contributed by atoms with Crippen LogP contribution in [0.1, 0.15) is 32.9 Å². The number of aromatic nitrogens is 3. The molecule has 0 aliphatic rings. The average Bonchev–Trinajstić information content (AvgIpc) is 3.03. The Hall–Kier alpha value is -2.06. The van der Waals surface area contributed by atoms with Crippen molar-refractivity contribution in [3.63, 3.8) is 0 Å². The molecule has 0 aromatic carbocycles. The van der Waals surface area contributed by atoms with Gasteiger partial charge in [0.25, 0.3) is 5.91 Å². The number of fused-ring (bicyclic) bond motifs is 1. The normalized spacial score (nSPS) is 11.0. The van der Waals surface area contributed by atoms with Crippen LogP contribution in [0.3, 0.4) is 0 Å². The van der Waals surface area contributed by atoms with Crippen LogP contribution in [0.2, 0.25) is 0 Å². The summed E-state index contributed by atoms with van der Waals surface area (Å²) < 4.78 is 0. The number of thiophene rings is 1. The van der Waals surface area contributed by atoms with Crippen LogP contribution >= 0.6 is 22.7 Å². The SMILES string of the molecule is CCc1nnc(NC(=O)c2sc3nc(C)cc(C)c3c2N)s1. The summed E-state index contributed by atoms with van der Waals surface area (Å²) in [6.45, 7) is 5.89. The van der Waals surface area contributed by atoms with Crippen molar-refractivity contribution < 1.29 is 4.79 Å². The first kappa shape index (κ1) is 14.9. The first-order valence-corrected chi connectivity index (χ1v) is 8.42. The van der Waals surface area contributed by atoms with Gasteiger partial charge in [0, 0.05) is 11.1 Å². The third-order valence-electron chi connectivity index (χ3n) is 3.22. The van der Waals surface area contributed by atoms with Crippen LogP contribution in [0.5, 0.6) is 0 Å². The van der Waals surface area contributed by atoms with Crippen molar-refractivity contribution in [3.05, 3.63) is 27.2 Å². The predicted molar refractivity (Wildman–Crippen MR) is 90.7 cm³/mol. The second-order valence-electron chi connectivity index (χ2n) is 4.91. The van der Waals surface area contributed by atoms with E-state index in [0.29, 0.717) is 15.7 Å². The lowest BCUT2D eigenvalue weighted by Crippen LogP contribution is -2.11. The minimum absolute atomic E-state index is 0.267. The zero-order valence-corrected chi connectivity index (χ0v) is 14.1. The Morgan fingerprint density at radius 2 is 2.09 bits per heavy atom. The number of amides is 1. The van der Waals surface area contributed by atoms with Crippen LogP contribution in [-0.2, 0) is 6.42 Å². The molecule has 0 aliphatic carbocycles. The predicted octanol–water partition coefficient (Wildman–Crippen LogP) is 3.16. The molecule has 3 rings (SSSR count). The lowest BCUT2D eigenvalue weighted by Gasteiger charge is -2.01. The minimum Gasteiger partial charge on any atom is -0.397 e. The smallest absolute Gasteiger partial charge is 0.269 e. The Kier molecular flexibility index (Phi) is 3.79. The van der Waals surface area contributed by atoms with Crippen LogP contribution in [0.15, 0.2) is 6.07 Å². The number of nitrogens with one attached hydrogen (secondary N) is 1. The molecule has 0 radical (unpaired) electrons. The molecule has 3 heterocycles. The van der Waals surface area contributed by atoms with E-state index in [1.54, 1.807) is 0 Å². The lowest BCUT2D eigenvalue weighted by molar-refractivity contribution is 0.103. The van der Waals surface area contributed by atoms with Crippen LogP contribution in [0.4, 0.5) is 10.8 Å². The topological polar surface area (TPSA) is 93.8 Å². The van der Waals surface area contributed by atoms with Crippen molar-refractivity contribution in [1.29, 1.82) is 0 Å². The molecular weight excluding hydrogens is 318 g/mol. The third kappa shape index (κ3) is 2.55. The van der Waals surface area contributed by atoms with Gasteiger partial charge in [-0.2, -0.15) is 0 Å². The van der Waals surface area contributed by atoms with Gasteiger partial charge in [-0.05, 0) is 31.9 Å². The standard InChI is InChI=1S/C14H15N5OS2/c1-4-8-18-19-14(21-8)17-12(20)11-10(15)9-6(2)5-7(3)16-13(9)22-11/h5H,4,15H2,1-3H3,(H,17,19,20). The van der Waals surface area contributed by atoms with Crippen LogP contribution < -0.4 is 11.1 Å². The fourth-order valence-corrected chi connectivity index (χ4v) is 4.03. The maximum absolute atomic E-state index is 12.4. The van der Waals surface area contributed by atoms with Gasteiger partial charge in [-0.15, -0.1) is 21.5 Å². The lowest BCUT2D eigenvalue weighted by atomic mass is 10.1. The van der Waals surface area contributed by atoms with Crippen LogP contribution in [-0.4, -0.2) is 21.1 Å². The molecule has 0 unspecified atom stereocenters. The zero-order valence-electron chi connectivity index (χ0n) is 12.4. The monoisotopic (exact) mass is 333 g/mol. The number of pyridine rings is 1. The third-order valence-corrected chi connectivity index (χ3v) is 5.30. The summed E-state index contributed by atoms with van der Waals surface area (Å²) in [5, 5.41) is 12.9. The van der Waals surface area contributed by atoms with Crippen molar-refractivity contribution in [2.24, 2.45) is 0 Å². The Labute approximate surface area is 135 Å². The maximum Gasteiger partial charge on any atom is 0.269 e. The molecule has 1 amide bonds. The zero-order chi connectivity index (χ0) is 15.9. The number of hydrogen-bond donors (Lipinski definition) is 2. The number of anilines is 2. The number of hydrogen-bond acceptors (Lipinski definition) is 7. The average molecular weight is 333 g/mol.